The van der Waals surface area contributed by atoms with E-state index in [2.05, 4.69) is 42.2 Å². The van der Waals surface area contributed by atoms with Gasteiger partial charge >= 0.3 is 0 Å². The molecule has 0 radical (unpaired) electrons. The third-order valence-corrected chi connectivity index (χ3v) is 2.74. The summed E-state index contributed by atoms with van der Waals surface area (Å²) >= 11 is 0. The molecule has 2 rings (SSSR count). The molecule has 0 saturated heterocycles. The zero-order chi connectivity index (χ0) is 11.4. The van der Waals surface area contributed by atoms with Crippen LogP contribution in [-0.2, 0) is 0 Å². The topological polar surface area (TPSA) is 38.9 Å². The van der Waals surface area contributed by atoms with Crippen molar-refractivity contribution in [3.05, 3.63) is 47.7 Å². The molecule has 0 aliphatic rings. The molecule has 2 heteroatoms. The molecule has 1 aromatic heterocycles. The molecule has 1 aromatic carbocycles. The van der Waals surface area contributed by atoms with Gasteiger partial charge in [-0.25, -0.2) is 0 Å². The molecule has 82 valence electrons. The average Bonchev–Trinajstić information content (AvgIpc) is 2.36. The summed E-state index contributed by atoms with van der Waals surface area (Å²) in [7, 11) is 0. The van der Waals surface area contributed by atoms with E-state index in [1.807, 2.05) is 12.3 Å². The van der Waals surface area contributed by atoms with E-state index >= 15 is 0 Å². The number of rotatable bonds is 3. The molecular formula is C14H16N2. The van der Waals surface area contributed by atoms with Crippen LogP contribution in [0.5, 0.6) is 0 Å². The second-order valence-corrected chi connectivity index (χ2v) is 3.78. The lowest BCUT2D eigenvalue weighted by Gasteiger charge is -2.04. The van der Waals surface area contributed by atoms with Crippen molar-refractivity contribution in [1.29, 1.82) is 0 Å². The van der Waals surface area contributed by atoms with Crippen LogP contribution in [0, 0.1) is 0 Å². The predicted molar refractivity (Wildman–Crippen MR) is 69.1 cm³/mol. The maximum absolute atomic E-state index is 5.69. The molecule has 0 aliphatic carbocycles. The maximum atomic E-state index is 5.69. The van der Waals surface area contributed by atoms with Gasteiger partial charge in [-0.1, -0.05) is 42.8 Å². The number of benzene rings is 1. The Labute approximate surface area is 95.8 Å². The molecule has 2 nitrogen and oxygen atoms in total. The van der Waals surface area contributed by atoms with Crippen LogP contribution in [0.15, 0.2) is 42.1 Å². The van der Waals surface area contributed by atoms with Crippen LogP contribution in [0.3, 0.4) is 0 Å². The van der Waals surface area contributed by atoms with E-state index in [1.165, 1.54) is 11.0 Å². The number of hydrogen-bond donors (Lipinski definition) is 1. The van der Waals surface area contributed by atoms with Crippen molar-refractivity contribution in [2.24, 2.45) is 5.73 Å². The number of pyridine rings is 1. The quantitative estimate of drug-likeness (QED) is 0.849. The first-order valence-electron chi connectivity index (χ1n) is 5.58. The van der Waals surface area contributed by atoms with Gasteiger partial charge in [0.25, 0.3) is 0 Å². The van der Waals surface area contributed by atoms with Gasteiger partial charge in [-0.3, -0.25) is 4.98 Å². The zero-order valence-corrected chi connectivity index (χ0v) is 9.48. The highest BCUT2D eigenvalue weighted by Gasteiger charge is 1.99. The monoisotopic (exact) mass is 212 g/mol. The highest BCUT2D eigenvalue weighted by Crippen LogP contribution is 2.19. The van der Waals surface area contributed by atoms with Crippen LogP contribution in [0.4, 0.5) is 0 Å². The van der Waals surface area contributed by atoms with Crippen LogP contribution < -0.4 is 5.73 Å². The lowest BCUT2D eigenvalue weighted by molar-refractivity contribution is 1.02. The van der Waals surface area contributed by atoms with Crippen molar-refractivity contribution in [1.82, 2.24) is 4.98 Å². The molecule has 1 heterocycles. The number of para-hydroxylation sites is 1. The smallest absolute Gasteiger partial charge is 0.0774 e. The van der Waals surface area contributed by atoms with Gasteiger partial charge < -0.3 is 5.73 Å². The van der Waals surface area contributed by atoms with Crippen molar-refractivity contribution >= 4 is 17.0 Å². The third kappa shape index (κ3) is 2.12. The summed E-state index contributed by atoms with van der Waals surface area (Å²) in [4.78, 5) is 4.42. The van der Waals surface area contributed by atoms with Crippen LogP contribution in [0.25, 0.3) is 17.0 Å². The van der Waals surface area contributed by atoms with E-state index in [0.29, 0.717) is 6.54 Å². The van der Waals surface area contributed by atoms with Crippen molar-refractivity contribution in [2.75, 3.05) is 6.54 Å². The molecule has 0 aliphatic heterocycles. The highest BCUT2D eigenvalue weighted by atomic mass is 14.6. The molecule has 16 heavy (non-hydrogen) atoms. The molecule has 0 amide bonds. The van der Waals surface area contributed by atoms with Crippen LogP contribution >= 0.6 is 0 Å². The Morgan fingerprint density at radius 3 is 2.88 bits per heavy atom. The average molecular weight is 212 g/mol. The van der Waals surface area contributed by atoms with Crippen LogP contribution in [0.2, 0.25) is 0 Å². The first kappa shape index (κ1) is 10.8. The standard InChI is InChI=1S/C14H16N2/c1-2-11(10-15)9-13-6-3-5-12-7-4-8-16-14(12)13/h3-9H,2,10,15H2,1H3. The zero-order valence-electron chi connectivity index (χ0n) is 9.48. The second-order valence-electron chi connectivity index (χ2n) is 3.78. The van der Waals surface area contributed by atoms with Crippen molar-refractivity contribution in [3.63, 3.8) is 0 Å². The van der Waals surface area contributed by atoms with Gasteiger partial charge in [-0.2, -0.15) is 0 Å². The van der Waals surface area contributed by atoms with Gasteiger partial charge in [0.05, 0.1) is 5.52 Å². The minimum Gasteiger partial charge on any atom is -0.327 e. The Morgan fingerprint density at radius 1 is 1.31 bits per heavy atom. The SMILES string of the molecule is CCC(=Cc1cccc2cccnc12)CN. The largest absolute Gasteiger partial charge is 0.327 e. The summed E-state index contributed by atoms with van der Waals surface area (Å²) < 4.78 is 0. The van der Waals surface area contributed by atoms with E-state index < -0.39 is 0 Å². The predicted octanol–water partition coefficient (Wildman–Crippen LogP) is 2.99. The highest BCUT2D eigenvalue weighted by molar-refractivity contribution is 5.87. The summed E-state index contributed by atoms with van der Waals surface area (Å²) in [5, 5.41) is 1.17. The molecule has 0 atom stereocenters. The number of fused-ring (bicyclic) bond motifs is 1. The van der Waals surface area contributed by atoms with Crippen molar-refractivity contribution < 1.29 is 0 Å². The molecule has 0 spiro atoms. The van der Waals surface area contributed by atoms with Gasteiger partial charge in [0.15, 0.2) is 0 Å². The summed E-state index contributed by atoms with van der Waals surface area (Å²) in [5.41, 5.74) is 9.13. The fourth-order valence-corrected chi connectivity index (χ4v) is 1.77. The molecule has 0 saturated carbocycles. The lowest BCUT2D eigenvalue weighted by atomic mass is 10.1. The fraction of sp³-hybridized carbons (Fsp3) is 0.214. The van der Waals surface area contributed by atoms with E-state index in [9.17, 15) is 0 Å². The normalized spacial score (nSPS) is 12.0. The van der Waals surface area contributed by atoms with Gasteiger partial charge in [-0.15, -0.1) is 0 Å². The van der Waals surface area contributed by atoms with Gasteiger partial charge in [-0.05, 0) is 12.5 Å². The van der Waals surface area contributed by atoms with E-state index in [-0.39, 0.29) is 0 Å². The minimum atomic E-state index is 0.611. The Hall–Kier alpha value is -1.67. The third-order valence-electron chi connectivity index (χ3n) is 2.74. The summed E-state index contributed by atoms with van der Waals surface area (Å²) in [6.07, 6.45) is 4.96. The summed E-state index contributed by atoms with van der Waals surface area (Å²) in [6, 6.07) is 10.3. The minimum absolute atomic E-state index is 0.611. The Morgan fingerprint density at radius 2 is 2.12 bits per heavy atom. The number of aromatic nitrogens is 1. The molecular weight excluding hydrogens is 196 g/mol. The van der Waals surface area contributed by atoms with Crippen molar-refractivity contribution in [2.45, 2.75) is 13.3 Å². The Kier molecular flexibility index (Phi) is 3.32. The number of hydrogen-bond acceptors (Lipinski definition) is 2. The molecule has 2 N–H and O–H groups in total. The number of nitrogens with two attached hydrogens (primary N) is 1. The Bertz CT molecular complexity index is 504. The maximum Gasteiger partial charge on any atom is 0.0774 e. The first-order valence-corrected chi connectivity index (χ1v) is 5.58. The molecule has 0 fully saturated rings. The molecule has 2 aromatic rings. The summed E-state index contributed by atoms with van der Waals surface area (Å²) in [5.74, 6) is 0. The van der Waals surface area contributed by atoms with E-state index in [1.54, 1.807) is 0 Å². The van der Waals surface area contributed by atoms with Gasteiger partial charge in [0, 0.05) is 23.7 Å². The first-order chi connectivity index (χ1) is 7.85. The second kappa shape index (κ2) is 4.90. The van der Waals surface area contributed by atoms with Gasteiger partial charge in [0.1, 0.15) is 0 Å². The summed E-state index contributed by atoms with van der Waals surface area (Å²) in [6.45, 7) is 2.73. The molecule has 0 unspecified atom stereocenters. The number of nitrogens with zero attached hydrogens (tertiary/aromatic N) is 1. The van der Waals surface area contributed by atoms with Crippen LogP contribution in [-0.4, -0.2) is 11.5 Å². The van der Waals surface area contributed by atoms with E-state index in [0.717, 1.165) is 17.5 Å². The van der Waals surface area contributed by atoms with Crippen molar-refractivity contribution in [3.8, 4) is 0 Å². The van der Waals surface area contributed by atoms with Gasteiger partial charge in [0.2, 0.25) is 0 Å². The van der Waals surface area contributed by atoms with E-state index in [4.69, 9.17) is 5.73 Å². The fourth-order valence-electron chi connectivity index (χ4n) is 1.77. The molecule has 0 bridgehead atoms. The van der Waals surface area contributed by atoms with Crippen LogP contribution in [0.1, 0.15) is 18.9 Å². The Balaban J connectivity index is 2.56. The lowest BCUT2D eigenvalue weighted by Crippen LogP contribution is -2.01.